The van der Waals surface area contributed by atoms with E-state index in [4.69, 9.17) is 14.5 Å². The Morgan fingerprint density at radius 3 is 2.51 bits per heavy atom. The summed E-state index contributed by atoms with van der Waals surface area (Å²) in [7, 11) is 1.35. The number of hydrogen-bond acceptors (Lipinski definition) is 6. The Balaban J connectivity index is 1.81. The van der Waals surface area contributed by atoms with E-state index in [1.54, 1.807) is 4.57 Å². The average Bonchev–Trinajstić information content (AvgIpc) is 3.23. The van der Waals surface area contributed by atoms with Crippen molar-refractivity contribution < 1.29 is 14.3 Å². The highest BCUT2D eigenvalue weighted by Gasteiger charge is 2.33. The molecular weight excluding hydrogens is 484 g/mol. The lowest BCUT2D eigenvalue weighted by atomic mass is 9.95. The quantitative estimate of drug-likeness (QED) is 0.350. The van der Waals surface area contributed by atoms with E-state index >= 15 is 0 Å². The summed E-state index contributed by atoms with van der Waals surface area (Å²) in [5.41, 5.74) is 2.48. The minimum Gasteiger partial charge on any atom is -0.490 e. The average molecular weight is 513 g/mol. The fraction of sp³-hybridized carbons (Fsp3) is 0.233. The minimum atomic E-state index is -0.624. The lowest BCUT2D eigenvalue weighted by Crippen LogP contribution is -2.40. The summed E-state index contributed by atoms with van der Waals surface area (Å²) in [4.78, 5) is 32.3. The van der Waals surface area contributed by atoms with Crippen molar-refractivity contribution in [1.82, 2.24) is 4.57 Å². The molecule has 0 N–H and O–H groups in total. The zero-order valence-corrected chi connectivity index (χ0v) is 22.0. The highest BCUT2D eigenvalue weighted by atomic mass is 32.1. The van der Waals surface area contributed by atoms with Gasteiger partial charge in [-0.1, -0.05) is 78.9 Å². The van der Waals surface area contributed by atoms with Crippen molar-refractivity contribution in [1.29, 1.82) is 0 Å². The third-order valence-electron chi connectivity index (χ3n) is 6.33. The number of allylic oxidation sites excluding steroid dienone is 1. The normalized spacial score (nSPS) is 15.6. The highest BCUT2D eigenvalue weighted by Crippen LogP contribution is 2.32. The van der Waals surface area contributed by atoms with E-state index in [0.717, 1.165) is 21.9 Å². The second kappa shape index (κ2) is 10.2. The molecule has 0 saturated heterocycles. The maximum Gasteiger partial charge on any atom is 0.338 e. The zero-order chi connectivity index (χ0) is 26.1. The number of nitrogens with zero attached hydrogens (tertiary/aromatic N) is 2. The number of rotatable bonds is 6. The molecule has 2 heterocycles. The van der Waals surface area contributed by atoms with Crippen LogP contribution in [0.25, 0.3) is 16.8 Å². The Morgan fingerprint density at radius 1 is 1.08 bits per heavy atom. The number of benzene rings is 3. The van der Waals surface area contributed by atoms with Crippen LogP contribution < -0.4 is 19.6 Å². The van der Waals surface area contributed by atoms with E-state index < -0.39 is 12.0 Å². The maximum atomic E-state index is 14.0. The maximum absolute atomic E-state index is 14.0. The van der Waals surface area contributed by atoms with Crippen LogP contribution >= 0.6 is 11.3 Å². The summed E-state index contributed by atoms with van der Waals surface area (Å²) in [5, 5.41) is 2.05. The van der Waals surface area contributed by atoms with Gasteiger partial charge in [0.1, 0.15) is 5.75 Å². The molecule has 0 fully saturated rings. The van der Waals surface area contributed by atoms with E-state index in [0.29, 0.717) is 32.8 Å². The first-order valence-electron chi connectivity index (χ1n) is 12.3. The molecule has 0 radical (unpaired) electrons. The van der Waals surface area contributed by atoms with Crippen molar-refractivity contribution in [2.24, 2.45) is 4.99 Å². The molecule has 1 aliphatic rings. The fourth-order valence-corrected chi connectivity index (χ4v) is 5.73. The number of methoxy groups -OCH3 is 1. The predicted molar refractivity (Wildman–Crippen MR) is 147 cm³/mol. The van der Waals surface area contributed by atoms with Gasteiger partial charge in [-0.3, -0.25) is 9.36 Å². The SMILES string of the molecule is CCC1=C(C(=O)OC)[C@H](c2ccccc2)n2c(s/c(=C/c3c(OC(C)C)ccc4ccccc34)c2=O)=N1. The number of ether oxygens (including phenoxy) is 2. The third kappa shape index (κ3) is 4.51. The van der Waals surface area contributed by atoms with Gasteiger partial charge in [-0.15, -0.1) is 0 Å². The van der Waals surface area contributed by atoms with E-state index in [-0.39, 0.29) is 11.7 Å². The van der Waals surface area contributed by atoms with Crippen molar-refractivity contribution in [2.45, 2.75) is 39.3 Å². The standard InChI is InChI=1S/C30H28N2O4S/c1-5-23-26(29(34)35-4)27(20-12-7-6-8-13-20)32-28(33)25(37-30(32)31-23)17-22-21-14-10-9-11-19(21)15-16-24(22)36-18(2)3/h6-18,27H,5H2,1-4H3/b25-17+/t27-/m0/s1. The van der Waals surface area contributed by atoms with Gasteiger partial charge in [0.25, 0.3) is 5.56 Å². The Morgan fingerprint density at radius 2 is 1.81 bits per heavy atom. The van der Waals surface area contributed by atoms with E-state index in [1.807, 2.05) is 93.6 Å². The highest BCUT2D eigenvalue weighted by molar-refractivity contribution is 7.07. The lowest BCUT2D eigenvalue weighted by molar-refractivity contribution is -0.136. The first-order chi connectivity index (χ1) is 17.9. The minimum absolute atomic E-state index is 0.0256. The first-order valence-corrected chi connectivity index (χ1v) is 13.1. The molecular formula is C30H28N2O4S. The first kappa shape index (κ1) is 24.7. The molecule has 1 aromatic heterocycles. The van der Waals surface area contributed by atoms with E-state index in [9.17, 15) is 9.59 Å². The molecule has 0 bridgehead atoms. The van der Waals surface area contributed by atoms with Crippen LogP contribution in [-0.4, -0.2) is 23.8 Å². The Hall–Kier alpha value is -3.97. The summed E-state index contributed by atoms with van der Waals surface area (Å²) in [6.07, 6.45) is 2.40. The van der Waals surface area contributed by atoms with Crippen molar-refractivity contribution >= 4 is 34.2 Å². The van der Waals surface area contributed by atoms with Gasteiger partial charge < -0.3 is 9.47 Å². The van der Waals surface area contributed by atoms with Gasteiger partial charge in [0, 0.05) is 5.56 Å². The third-order valence-corrected chi connectivity index (χ3v) is 7.32. The number of thiazole rings is 1. The molecule has 3 aromatic carbocycles. The van der Waals surface area contributed by atoms with Crippen LogP contribution in [0.4, 0.5) is 0 Å². The molecule has 0 amide bonds. The van der Waals surface area contributed by atoms with Gasteiger partial charge in [-0.25, -0.2) is 9.79 Å². The number of esters is 1. The van der Waals surface area contributed by atoms with Crippen LogP contribution in [0.3, 0.4) is 0 Å². The molecule has 6 nitrogen and oxygen atoms in total. The molecule has 7 heteroatoms. The van der Waals surface area contributed by atoms with E-state index in [2.05, 4.69) is 0 Å². The van der Waals surface area contributed by atoms with Crippen LogP contribution in [-0.2, 0) is 9.53 Å². The fourth-order valence-electron chi connectivity index (χ4n) is 4.73. The van der Waals surface area contributed by atoms with Crippen molar-refractivity contribution in [2.75, 3.05) is 7.11 Å². The number of hydrogen-bond donors (Lipinski definition) is 0. The summed E-state index contributed by atoms with van der Waals surface area (Å²) < 4.78 is 13.4. The number of carbonyl (C=O) groups excluding carboxylic acids is 1. The van der Waals surface area contributed by atoms with Gasteiger partial charge in [-0.2, -0.15) is 0 Å². The van der Waals surface area contributed by atoms with Gasteiger partial charge in [0.05, 0.1) is 35.1 Å². The van der Waals surface area contributed by atoms with Crippen LogP contribution in [0.2, 0.25) is 0 Å². The van der Waals surface area contributed by atoms with Gasteiger partial charge in [0.2, 0.25) is 0 Å². The zero-order valence-electron chi connectivity index (χ0n) is 21.2. The second-order valence-electron chi connectivity index (χ2n) is 9.06. The van der Waals surface area contributed by atoms with E-state index in [1.165, 1.54) is 18.4 Å². The van der Waals surface area contributed by atoms with Crippen molar-refractivity contribution in [3.05, 3.63) is 109 Å². The number of fused-ring (bicyclic) bond motifs is 2. The Bertz CT molecular complexity index is 1700. The van der Waals surface area contributed by atoms with Crippen LogP contribution in [0.5, 0.6) is 5.75 Å². The molecule has 188 valence electrons. The van der Waals surface area contributed by atoms with Crippen molar-refractivity contribution in [3.63, 3.8) is 0 Å². The molecule has 5 rings (SSSR count). The number of aromatic nitrogens is 1. The molecule has 0 saturated carbocycles. The van der Waals surface area contributed by atoms with Crippen LogP contribution in [0.1, 0.15) is 44.4 Å². The second-order valence-corrected chi connectivity index (χ2v) is 10.1. The molecule has 1 aliphatic heterocycles. The summed E-state index contributed by atoms with van der Waals surface area (Å²) in [5.74, 6) is 0.231. The molecule has 37 heavy (non-hydrogen) atoms. The van der Waals surface area contributed by atoms with Gasteiger partial charge >= 0.3 is 5.97 Å². The lowest BCUT2D eigenvalue weighted by Gasteiger charge is -2.25. The Labute approximate surface area is 218 Å². The summed E-state index contributed by atoms with van der Waals surface area (Å²) in [6.45, 7) is 5.91. The Kier molecular flexibility index (Phi) is 6.80. The predicted octanol–water partition coefficient (Wildman–Crippen LogP) is 4.74. The number of carbonyl (C=O) groups is 1. The largest absolute Gasteiger partial charge is 0.490 e. The van der Waals surface area contributed by atoms with Gasteiger partial charge in [0.15, 0.2) is 4.80 Å². The molecule has 1 atom stereocenters. The monoisotopic (exact) mass is 512 g/mol. The smallest absolute Gasteiger partial charge is 0.338 e. The molecule has 0 aliphatic carbocycles. The van der Waals surface area contributed by atoms with Gasteiger partial charge in [-0.05, 0) is 48.7 Å². The summed E-state index contributed by atoms with van der Waals surface area (Å²) in [6, 6.07) is 20.9. The molecule has 4 aromatic rings. The van der Waals surface area contributed by atoms with Crippen LogP contribution in [0.15, 0.2) is 87.8 Å². The summed E-state index contributed by atoms with van der Waals surface area (Å²) >= 11 is 1.32. The molecule has 0 unspecified atom stereocenters. The molecule has 0 spiro atoms. The van der Waals surface area contributed by atoms with Crippen LogP contribution in [0, 0.1) is 0 Å². The topological polar surface area (TPSA) is 69.9 Å². The van der Waals surface area contributed by atoms with Crippen molar-refractivity contribution in [3.8, 4) is 5.75 Å².